The van der Waals surface area contributed by atoms with Crippen molar-refractivity contribution in [3.63, 3.8) is 0 Å². The third-order valence-electron chi connectivity index (χ3n) is 6.10. The van der Waals surface area contributed by atoms with Gasteiger partial charge in [-0.15, -0.1) is 0 Å². The maximum absolute atomic E-state index is 13.7. The van der Waals surface area contributed by atoms with Crippen molar-refractivity contribution in [1.29, 1.82) is 0 Å². The first-order valence-electron chi connectivity index (χ1n) is 12.7. The van der Waals surface area contributed by atoms with Crippen molar-refractivity contribution in [1.82, 2.24) is 14.6 Å². The molecule has 1 amide bonds. The van der Waals surface area contributed by atoms with Gasteiger partial charge in [0.15, 0.2) is 11.5 Å². The Balaban J connectivity index is 1.52. The van der Waals surface area contributed by atoms with Crippen LogP contribution in [0.1, 0.15) is 25.0 Å². The lowest BCUT2D eigenvalue weighted by Crippen LogP contribution is -2.51. The van der Waals surface area contributed by atoms with Crippen molar-refractivity contribution in [3.05, 3.63) is 84.2 Å². The molecule has 1 aliphatic heterocycles. The SMILES string of the molecule is CC(C)CN(C[C@@H](O)[C@H](Cc1ccccc1)NC(=O)OCc1cccnc1)S(=O)(=O)c1ccc2c(c1)OCO2. The number of aromatic nitrogens is 1. The summed E-state index contributed by atoms with van der Waals surface area (Å²) in [6.07, 6.45) is 1.51. The lowest BCUT2D eigenvalue weighted by Gasteiger charge is -2.30. The van der Waals surface area contributed by atoms with Crippen LogP contribution >= 0.6 is 0 Å². The molecule has 0 saturated carbocycles. The van der Waals surface area contributed by atoms with Crippen molar-refractivity contribution < 1.29 is 32.5 Å². The maximum atomic E-state index is 13.7. The van der Waals surface area contributed by atoms with E-state index in [2.05, 4.69) is 10.3 Å². The summed E-state index contributed by atoms with van der Waals surface area (Å²) in [5.74, 6) is 0.799. The first kappa shape index (κ1) is 28.3. The number of alkyl carbamates (subject to hydrolysis) is 1. The van der Waals surface area contributed by atoms with Gasteiger partial charge in [0.05, 0.1) is 17.0 Å². The minimum atomic E-state index is -4.01. The van der Waals surface area contributed by atoms with E-state index in [0.29, 0.717) is 17.1 Å². The number of aliphatic hydroxyl groups excluding tert-OH is 1. The van der Waals surface area contributed by atoms with Crippen LogP contribution in [0.4, 0.5) is 4.79 Å². The molecule has 3 aromatic rings. The Morgan fingerprint density at radius 2 is 1.79 bits per heavy atom. The summed E-state index contributed by atoms with van der Waals surface area (Å²) in [5.41, 5.74) is 1.58. The number of hydrogen-bond donors (Lipinski definition) is 2. The van der Waals surface area contributed by atoms with E-state index in [9.17, 15) is 18.3 Å². The van der Waals surface area contributed by atoms with E-state index in [1.807, 2.05) is 44.2 Å². The van der Waals surface area contributed by atoms with Crippen molar-refractivity contribution in [3.8, 4) is 11.5 Å². The number of fused-ring (bicyclic) bond motifs is 1. The summed E-state index contributed by atoms with van der Waals surface area (Å²) in [4.78, 5) is 16.7. The van der Waals surface area contributed by atoms with Gasteiger partial charge in [0.1, 0.15) is 6.61 Å². The van der Waals surface area contributed by atoms with Crippen LogP contribution in [0.25, 0.3) is 0 Å². The molecule has 2 N–H and O–H groups in total. The number of sulfonamides is 1. The highest BCUT2D eigenvalue weighted by atomic mass is 32.2. The number of amides is 1. The van der Waals surface area contributed by atoms with E-state index in [4.69, 9.17) is 14.2 Å². The lowest BCUT2D eigenvalue weighted by molar-refractivity contribution is 0.0873. The quantitative estimate of drug-likeness (QED) is 0.348. The van der Waals surface area contributed by atoms with Crippen LogP contribution in [-0.2, 0) is 27.8 Å². The average Bonchev–Trinajstić information content (AvgIpc) is 3.40. The van der Waals surface area contributed by atoms with Crippen LogP contribution in [0.5, 0.6) is 11.5 Å². The average molecular weight is 556 g/mol. The molecule has 39 heavy (non-hydrogen) atoms. The Kier molecular flexibility index (Phi) is 9.39. The van der Waals surface area contributed by atoms with Gasteiger partial charge >= 0.3 is 6.09 Å². The maximum Gasteiger partial charge on any atom is 0.407 e. The topological polar surface area (TPSA) is 127 Å². The molecule has 2 heterocycles. The van der Waals surface area contributed by atoms with Gasteiger partial charge in [-0.2, -0.15) is 4.31 Å². The number of aliphatic hydroxyl groups is 1. The summed E-state index contributed by atoms with van der Waals surface area (Å²) >= 11 is 0. The number of carbonyl (C=O) groups is 1. The molecule has 208 valence electrons. The second kappa shape index (κ2) is 12.9. The van der Waals surface area contributed by atoms with Gasteiger partial charge in [0.25, 0.3) is 0 Å². The van der Waals surface area contributed by atoms with Crippen molar-refractivity contribution in [2.75, 3.05) is 19.9 Å². The second-order valence-electron chi connectivity index (χ2n) is 9.68. The van der Waals surface area contributed by atoms with Gasteiger partial charge < -0.3 is 24.6 Å². The highest BCUT2D eigenvalue weighted by Gasteiger charge is 2.32. The smallest absolute Gasteiger partial charge is 0.407 e. The van der Waals surface area contributed by atoms with Gasteiger partial charge in [-0.25, -0.2) is 13.2 Å². The molecule has 0 bridgehead atoms. The molecule has 4 rings (SSSR count). The van der Waals surface area contributed by atoms with Crippen molar-refractivity contribution >= 4 is 16.1 Å². The van der Waals surface area contributed by atoms with E-state index in [1.54, 1.807) is 30.6 Å². The number of carbonyl (C=O) groups excluding carboxylic acids is 1. The number of nitrogens with zero attached hydrogens (tertiary/aromatic N) is 2. The third-order valence-corrected chi connectivity index (χ3v) is 7.93. The molecular weight excluding hydrogens is 522 g/mol. The van der Waals surface area contributed by atoms with Crippen LogP contribution < -0.4 is 14.8 Å². The zero-order valence-electron chi connectivity index (χ0n) is 21.9. The molecule has 0 radical (unpaired) electrons. The van der Waals surface area contributed by atoms with Gasteiger partial charge in [-0.05, 0) is 36.1 Å². The van der Waals surface area contributed by atoms with Gasteiger partial charge in [-0.3, -0.25) is 4.98 Å². The summed E-state index contributed by atoms with van der Waals surface area (Å²) < 4.78 is 44.6. The molecule has 1 aliphatic rings. The summed E-state index contributed by atoms with van der Waals surface area (Å²) in [6, 6.07) is 16.5. The monoisotopic (exact) mass is 555 g/mol. The third kappa shape index (κ3) is 7.69. The molecular formula is C28H33N3O7S. The first-order valence-corrected chi connectivity index (χ1v) is 14.1. The Morgan fingerprint density at radius 3 is 2.51 bits per heavy atom. The normalized spacial score (nSPS) is 14.3. The van der Waals surface area contributed by atoms with E-state index in [0.717, 1.165) is 5.56 Å². The van der Waals surface area contributed by atoms with Gasteiger partial charge in [-0.1, -0.05) is 50.2 Å². The van der Waals surface area contributed by atoms with Crippen LogP contribution in [0, 0.1) is 5.92 Å². The highest BCUT2D eigenvalue weighted by molar-refractivity contribution is 7.89. The number of hydrogen-bond acceptors (Lipinski definition) is 8. The largest absolute Gasteiger partial charge is 0.454 e. The van der Waals surface area contributed by atoms with Crippen molar-refractivity contribution in [2.45, 2.75) is 43.9 Å². The van der Waals surface area contributed by atoms with E-state index in [1.165, 1.54) is 16.4 Å². The summed E-state index contributed by atoms with van der Waals surface area (Å²) in [5, 5.41) is 14.1. The second-order valence-corrected chi connectivity index (χ2v) is 11.6. The van der Waals surface area contributed by atoms with Gasteiger partial charge in [0, 0.05) is 37.1 Å². The fraction of sp³-hybridized carbons (Fsp3) is 0.357. The Labute approximate surface area is 228 Å². The highest BCUT2D eigenvalue weighted by Crippen LogP contribution is 2.34. The van der Waals surface area contributed by atoms with Crippen LogP contribution in [0.2, 0.25) is 0 Å². The molecule has 2 atom stereocenters. The molecule has 11 heteroatoms. The van der Waals surface area contributed by atoms with Crippen LogP contribution in [0.15, 0.2) is 78.0 Å². The number of pyridine rings is 1. The molecule has 0 spiro atoms. The van der Waals surface area contributed by atoms with E-state index >= 15 is 0 Å². The first-order chi connectivity index (χ1) is 18.7. The molecule has 0 saturated heterocycles. The molecule has 0 fully saturated rings. The molecule has 0 unspecified atom stereocenters. The number of rotatable bonds is 12. The Bertz CT molecular complexity index is 1340. The summed E-state index contributed by atoms with van der Waals surface area (Å²) in [6.45, 7) is 3.74. The van der Waals surface area contributed by atoms with Crippen LogP contribution in [0.3, 0.4) is 0 Å². The minimum absolute atomic E-state index is 0.00575. The Hall–Kier alpha value is -3.67. The number of nitrogens with one attached hydrogen (secondary N) is 1. The zero-order valence-corrected chi connectivity index (χ0v) is 22.7. The number of ether oxygens (including phenoxy) is 3. The Morgan fingerprint density at radius 1 is 1.05 bits per heavy atom. The molecule has 10 nitrogen and oxygen atoms in total. The number of benzene rings is 2. The minimum Gasteiger partial charge on any atom is -0.454 e. The van der Waals surface area contributed by atoms with Gasteiger partial charge in [0.2, 0.25) is 16.8 Å². The standard InChI is InChI=1S/C28H33N3O7S/c1-20(2)16-31(39(34,35)23-10-11-26-27(14-23)38-19-37-26)17-25(32)24(13-21-7-4-3-5-8-21)30-28(33)36-18-22-9-6-12-29-15-22/h3-12,14-15,20,24-25,32H,13,16-19H2,1-2H3,(H,30,33)/t24-,25+/m0/s1. The lowest BCUT2D eigenvalue weighted by atomic mass is 10.0. The molecule has 0 aliphatic carbocycles. The molecule has 1 aromatic heterocycles. The van der Waals surface area contributed by atoms with Crippen molar-refractivity contribution in [2.24, 2.45) is 5.92 Å². The summed E-state index contributed by atoms with van der Waals surface area (Å²) in [7, 11) is -4.01. The fourth-order valence-corrected chi connectivity index (χ4v) is 5.81. The van der Waals surface area contributed by atoms with Crippen LogP contribution in [-0.4, -0.2) is 60.9 Å². The zero-order chi connectivity index (χ0) is 27.8. The van der Waals surface area contributed by atoms with E-state index in [-0.39, 0.29) is 43.7 Å². The predicted octanol–water partition coefficient (Wildman–Crippen LogP) is 3.36. The van der Waals surface area contributed by atoms with E-state index < -0.39 is 28.3 Å². The predicted molar refractivity (Wildman–Crippen MR) is 144 cm³/mol. The fourth-order valence-electron chi connectivity index (χ4n) is 4.18. The molecule has 2 aromatic carbocycles.